The maximum atomic E-state index is 13.2. The number of carbonyl (C=O) groups excluding carboxylic acids is 1. The lowest BCUT2D eigenvalue weighted by atomic mass is 10.0. The Bertz CT molecular complexity index is 1090. The van der Waals surface area contributed by atoms with Crippen LogP contribution >= 0.6 is 0 Å². The number of carbonyl (C=O) groups is 1. The largest absolute Gasteiger partial charge is 0.490 e. The van der Waals surface area contributed by atoms with E-state index in [2.05, 4.69) is 10.0 Å². The fraction of sp³-hybridized carbons (Fsp3) is 0.417. The summed E-state index contributed by atoms with van der Waals surface area (Å²) in [6.45, 7) is 7.90. The zero-order valence-corrected chi connectivity index (χ0v) is 20.9. The van der Waals surface area contributed by atoms with Gasteiger partial charge in [0.2, 0.25) is 10.0 Å². The summed E-state index contributed by atoms with van der Waals surface area (Å²) in [5.41, 5.74) is 7.09. The van der Waals surface area contributed by atoms with Crippen molar-refractivity contribution >= 4 is 27.5 Å². The van der Waals surface area contributed by atoms with Gasteiger partial charge in [0.25, 0.3) is 5.91 Å². The molecule has 0 saturated heterocycles. The van der Waals surface area contributed by atoms with Gasteiger partial charge in [-0.25, -0.2) is 8.42 Å². The molecule has 2 aromatic rings. The van der Waals surface area contributed by atoms with Crippen molar-refractivity contribution in [1.82, 2.24) is 4.72 Å². The van der Waals surface area contributed by atoms with E-state index in [-0.39, 0.29) is 17.7 Å². The van der Waals surface area contributed by atoms with Crippen LogP contribution in [0.15, 0.2) is 42.5 Å². The van der Waals surface area contributed by atoms with Crippen LogP contribution in [0.3, 0.4) is 0 Å². The van der Waals surface area contributed by atoms with Gasteiger partial charge in [-0.1, -0.05) is 19.4 Å². The minimum atomic E-state index is -3.79. The Kier molecular flexibility index (Phi) is 9.73. The molecule has 5 N–H and O–H groups in total. The normalized spacial score (nSPS) is 12.1. The summed E-state index contributed by atoms with van der Waals surface area (Å²) in [6.07, 6.45) is 1.06. The molecule has 34 heavy (non-hydrogen) atoms. The minimum absolute atomic E-state index is 0.0780. The second kappa shape index (κ2) is 12.3. The first-order valence-corrected chi connectivity index (χ1v) is 12.9. The summed E-state index contributed by atoms with van der Waals surface area (Å²) in [7, 11) is -3.79. The Morgan fingerprint density at radius 2 is 1.76 bits per heavy atom. The standard InChI is InChI=1S/C24H34N4O5S/c1-5-7-14-34(30,31)28-24(29)22(27-19-11-8-17(9-12-19)23(25)26)18-10-13-20(33-16(3)4)21(15-18)32-6-2/h8-13,15-16,22,27H,5-7,14H2,1-4H3,(H3,25,26)(H,28,29). The lowest BCUT2D eigenvalue weighted by Gasteiger charge is -2.22. The Morgan fingerprint density at radius 1 is 1.09 bits per heavy atom. The monoisotopic (exact) mass is 490 g/mol. The Hall–Kier alpha value is -3.27. The number of nitrogens with two attached hydrogens (primary N) is 1. The van der Waals surface area contributed by atoms with Gasteiger partial charge in [0.15, 0.2) is 11.5 Å². The van der Waals surface area contributed by atoms with E-state index in [1.54, 1.807) is 42.5 Å². The van der Waals surface area contributed by atoms with Gasteiger partial charge in [0, 0.05) is 11.3 Å². The van der Waals surface area contributed by atoms with Crippen LogP contribution < -0.4 is 25.2 Å². The maximum Gasteiger partial charge on any atom is 0.260 e. The number of nitrogen functional groups attached to an aromatic ring is 1. The lowest BCUT2D eigenvalue weighted by Crippen LogP contribution is -2.38. The highest BCUT2D eigenvalue weighted by Crippen LogP contribution is 2.33. The second-order valence-electron chi connectivity index (χ2n) is 8.01. The van der Waals surface area contributed by atoms with E-state index in [9.17, 15) is 13.2 Å². The molecule has 0 aromatic heterocycles. The van der Waals surface area contributed by atoms with Crippen LogP contribution in [0.5, 0.6) is 11.5 Å². The van der Waals surface area contributed by atoms with Crippen molar-refractivity contribution in [2.45, 2.75) is 52.7 Å². The van der Waals surface area contributed by atoms with Crippen molar-refractivity contribution in [2.75, 3.05) is 17.7 Å². The minimum Gasteiger partial charge on any atom is -0.490 e. The zero-order chi connectivity index (χ0) is 25.3. The van der Waals surface area contributed by atoms with Crippen molar-refractivity contribution in [3.8, 4) is 11.5 Å². The molecule has 0 fully saturated rings. The van der Waals surface area contributed by atoms with Gasteiger partial charge < -0.3 is 20.5 Å². The van der Waals surface area contributed by atoms with Crippen molar-refractivity contribution in [2.24, 2.45) is 5.73 Å². The highest BCUT2D eigenvalue weighted by molar-refractivity contribution is 7.90. The fourth-order valence-electron chi connectivity index (χ4n) is 3.13. The molecule has 9 nitrogen and oxygen atoms in total. The van der Waals surface area contributed by atoms with Crippen molar-refractivity contribution in [3.63, 3.8) is 0 Å². The number of benzene rings is 2. The molecule has 1 atom stereocenters. The molecule has 2 aromatic carbocycles. The van der Waals surface area contributed by atoms with Crippen LogP contribution in [0.1, 0.15) is 57.7 Å². The predicted octanol–water partition coefficient (Wildman–Crippen LogP) is 3.56. The maximum absolute atomic E-state index is 13.2. The summed E-state index contributed by atoms with van der Waals surface area (Å²) in [5, 5.41) is 10.6. The van der Waals surface area contributed by atoms with Crippen molar-refractivity contribution in [1.29, 1.82) is 5.41 Å². The SMILES string of the molecule is CCCCS(=O)(=O)NC(=O)C(Nc1ccc(C(=N)N)cc1)c1ccc(OC(C)C)c(OCC)c1. The number of amides is 1. The number of sulfonamides is 1. The number of unbranched alkanes of at least 4 members (excludes halogenated alkanes) is 1. The summed E-state index contributed by atoms with van der Waals surface area (Å²) >= 11 is 0. The molecule has 0 heterocycles. The summed E-state index contributed by atoms with van der Waals surface area (Å²) in [6, 6.07) is 10.6. The summed E-state index contributed by atoms with van der Waals surface area (Å²) < 4.78 is 38.5. The first kappa shape index (κ1) is 27.0. The van der Waals surface area contributed by atoms with Crippen molar-refractivity contribution in [3.05, 3.63) is 53.6 Å². The van der Waals surface area contributed by atoms with Crippen LogP contribution in [0.25, 0.3) is 0 Å². The molecule has 0 bridgehead atoms. The molecule has 186 valence electrons. The molecule has 0 aliphatic rings. The first-order valence-electron chi connectivity index (χ1n) is 11.2. The van der Waals surface area contributed by atoms with Gasteiger partial charge in [-0.2, -0.15) is 0 Å². The third kappa shape index (κ3) is 7.95. The molecule has 0 radical (unpaired) electrons. The Morgan fingerprint density at radius 3 is 2.32 bits per heavy atom. The number of anilines is 1. The number of hydrogen-bond donors (Lipinski definition) is 4. The third-order valence-electron chi connectivity index (χ3n) is 4.76. The van der Waals surface area contributed by atoms with Crippen molar-refractivity contribution < 1.29 is 22.7 Å². The van der Waals surface area contributed by atoms with Crippen LogP contribution in [0.4, 0.5) is 5.69 Å². The first-order chi connectivity index (χ1) is 16.1. The van der Waals surface area contributed by atoms with Gasteiger partial charge in [0.1, 0.15) is 11.9 Å². The number of nitrogens with one attached hydrogen (secondary N) is 3. The van der Waals surface area contributed by atoms with Gasteiger partial charge in [0.05, 0.1) is 18.5 Å². The molecule has 0 aliphatic carbocycles. The molecule has 2 rings (SSSR count). The number of rotatable bonds is 13. The van der Waals surface area contributed by atoms with Crippen LogP contribution in [-0.4, -0.2) is 38.6 Å². The molecule has 1 unspecified atom stereocenters. The van der Waals surface area contributed by atoms with Crippen LogP contribution in [0, 0.1) is 5.41 Å². The van der Waals surface area contributed by atoms with E-state index in [0.29, 0.717) is 47.8 Å². The molecule has 1 amide bonds. The smallest absolute Gasteiger partial charge is 0.260 e. The summed E-state index contributed by atoms with van der Waals surface area (Å²) in [4.78, 5) is 13.2. The molecular weight excluding hydrogens is 456 g/mol. The highest BCUT2D eigenvalue weighted by Gasteiger charge is 2.26. The molecule has 0 saturated carbocycles. The van der Waals surface area contributed by atoms with Gasteiger partial charge in [-0.15, -0.1) is 0 Å². The van der Waals surface area contributed by atoms with Gasteiger partial charge >= 0.3 is 0 Å². The van der Waals surface area contributed by atoms with Gasteiger partial charge in [-0.05, 0) is 69.2 Å². The molecule has 10 heteroatoms. The van der Waals surface area contributed by atoms with E-state index in [4.69, 9.17) is 20.6 Å². The van der Waals surface area contributed by atoms with E-state index in [0.717, 1.165) is 0 Å². The molecular formula is C24H34N4O5S. The predicted molar refractivity (Wildman–Crippen MR) is 134 cm³/mol. The molecule has 0 spiro atoms. The average molecular weight is 491 g/mol. The quantitative estimate of drug-likeness (QED) is 0.248. The second-order valence-corrected chi connectivity index (χ2v) is 9.85. The lowest BCUT2D eigenvalue weighted by molar-refractivity contribution is -0.120. The van der Waals surface area contributed by atoms with E-state index in [1.807, 2.05) is 27.7 Å². The van der Waals surface area contributed by atoms with Gasteiger partial charge in [-0.3, -0.25) is 14.9 Å². The van der Waals surface area contributed by atoms with Crippen LogP contribution in [-0.2, 0) is 14.8 Å². The zero-order valence-electron chi connectivity index (χ0n) is 20.1. The Balaban J connectivity index is 2.44. The van der Waals surface area contributed by atoms with E-state index >= 15 is 0 Å². The topological polar surface area (TPSA) is 144 Å². The van der Waals surface area contributed by atoms with E-state index < -0.39 is 22.0 Å². The third-order valence-corrected chi connectivity index (χ3v) is 6.09. The van der Waals surface area contributed by atoms with E-state index in [1.165, 1.54) is 0 Å². The average Bonchev–Trinajstić information content (AvgIpc) is 2.77. The fourth-order valence-corrected chi connectivity index (χ4v) is 4.33. The number of hydrogen-bond acceptors (Lipinski definition) is 7. The number of amidine groups is 1. The summed E-state index contributed by atoms with van der Waals surface area (Å²) in [5.74, 6) is 0.0487. The highest BCUT2D eigenvalue weighted by atomic mass is 32.2. The number of ether oxygens (including phenoxy) is 2. The van der Waals surface area contributed by atoms with Crippen LogP contribution in [0.2, 0.25) is 0 Å². The molecule has 0 aliphatic heterocycles. The Labute approximate surface area is 201 Å².